The maximum Gasteiger partial charge on any atom is 0.117 e. The molecule has 0 amide bonds. The summed E-state index contributed by atoms with van der Waals surface area (Å²) < 4.78 is 0. The minimum absolute atomic E-state index is 0.393. The number of hydrogen-bond acceptors (Lipinski definition) is 8. The lowest BCUT2D eigenvalue weighted by molar-refractivity contribution is 0.796. The van der Waals surface area contributed by atoms with Crippen LogP contribution in [-0.4, -0.2) is 23.1 Å². The Bertz CT molecular complexity index is 1120. The molecule has 2 aromatic carbocycles. The SMILES string of the molecule is O=Nc1ccc(NCCCCNc2ccc(N=O)c3cccnc23)c2ncccc12. The lowest BCUT2D eigenvalue weighted by Crippen LogP contribution is -2.07. The van der Waals surface area contributed by atoms with Gasteiger partial charge in [0.15, 0.2) is 0 Å². The standard InChI is InChI=1S/C22H20N6O2/c29-27-17-7-9-19(21-15(17)5-3-13-25-21)23-11-1-2-12-24-20-10-8-18(28-30)16-6-4-14-26-22(16)20/h3-10,13-14,23-24H,1-2,11-12H2. The smallest absolute Gasteiger partial charge is 0.117 e. The van der Waals surface area contributed by atoms with E-state index in [9.17, 15) is 9.81 Å². The molecule has 150 valence electrons. The van der Waals surface area contributed by atoms with Gasteiger partial charge in [-0.2, -0.15) is 0 Å². The normalized spacial score (nSPS) is 10.8. The first-order valence-corrected chi connectivity index (χ1v) is 9.72. The summed E-state index contributed by atoms with van der Waals surface area (Å²) in [7, 11) is 0. The van der Waals surface area contributed by atoms with Crippen LogP contribution >= 0.6 is 0 Å². The fraction of sp³-hybridized carbons (Fsp3) is 0.182. The van der Waals surface area contributed by atoms with Gasteiger partial charge >= 0.3 is 0 Å². The van der Waals surface area contributed by atoms with Crippen molar-refractivity contribution in [3.63, 3.8) is 0 Å². The molecule has 0 atom stereocenters. The first-order chi connectivity index (χ1) is 14.8. The minimum Gasteiger partial charge on any atom is -0.383 e. The van der Waals surface area contributed by atoms with Gasteiger partial charge in [-0.3, -0.25) is 9.97 Å². The molecular formula is C22H20N6O2. The number of rotatable bonds is 9. The molecule has 2 aromatic heterocycles. The van der Waals surface area contributed by atoms with Gasteiger partial charge in [-0.05, 0) is 71.7 Å². The zero-order valence-corrected chi connectivity index (χ0v) is 16.2. The van der Waals surface area contributed by atoms with Crippen LogP contribution < -0.4 is 10.6 Å². The second kappa shape index (κ2) is 9.04. The molecule has 0 aliphatic carbocycles. The van der Waals surface area contributed by atoms with E-state index in [1.54, 1.807) is 36.7 Å². The molecule has 2 N–H and O–H groups in total. The fourth-order valence-electron chi connectivity index (χ4n) is 3.46. The van der Waals surface area contributed by atoms with E-state index >= 15 is 0 Å². The summed E-state index contributed by atoms with van der Waals surface area (Å²) in [4.78, 5) is 30.7. The molecule has 8 heteroatoms. The number of nitrogens with one attached hydrogen (secondary N) is 2. The molecule has 0 aliphatic heterocycles. The molecule has 0 saturated heterocycles. The summed E-state index contributed by atoms with van der Waals surface area (Å²) in [5, 5.41) is 14.4. The van der Waals surface area contributed by atoms with Crippen LogP contribution in [0.15, 0.2) is 71.3 Å². The highest BCUT2D eigenvalue weighted by molar-refractivity contribution is 5.98. The van der Waals surface area contributed by atoms with Crippen LogP contribution in [0.4, 0.5) is 22.7 Å². The van der Waals surface area contributed by atoms with Crippen LogP contribution in [0.5, 0.6) is 0 Å². The van der Waals surface area contributed by atoms with Crippen molar-refractivity contribution in [1.82, 2.24) is 9.97 Å². The Morgan fingerprint density at radius 2 is 1.13 bits per heavy atom. The van der Waals surface area contributed by atoms with Crippen molar-refractivity contribution in [3.8, 4) is 0 Å². The Morgan fingerprint density at radius 3 is 1.57 bits per heavy atom. The third kappa shape index (κ3) is 3.93. The van der Waals surface area contributed by atoms with Crippen LogP contribution in [0.2, 0.25) is 0 Å². The summed E-state index contributed by atoms with van der Waals surface area (Å²) in [5.41, 5.74) is 4.05. The molecule has 8 nitrogen and oxygen atoms in total. The molecule has 0 aliphatic rings. The van der Waals surface area contributed by atoms with Gasteiger partial charge in [0.2, 0.25) is 0 Å². The summed E-state index contributed by atoms with van der Waals surface area (Å²) in [6.45, 7) is 1.54. The summed E-state index contributed by atoms with van der Waals surface area (Å²) in [6, 6.07) is 14.4. The second-order valence-electron chi connectivity index (χ2n) is 6.81. The number of unbranched alkanes of at least 4 members (excludes halogenated alkanes) is 1. The average molecular weight is 400 g/mol. The lowest BCUT2D eigenvalue weighted by Gasteiger charge is -2.11. The van der Waals surface area contributed by atoms with Crippen molar-refractivity contribution in [3.05, 3.63) is 70.7 Å². The molecule has 0 radical (unpaired) electrons. The van der Waals surface area contributed by atoms with Crippen molar-refractivity contribution in [2.75, 3.05) is 23.7 Å². The maximum atomic E-state index is 11.0. The van der Waals surface area contributed by atoms with E-state index in [0.717, 1.165) is 59.1 Å². The zero-order chi connectivity index (χ0) is 20.8. The average Bonchev–Trinajstić information content (AvgIpc) is 2.81. The quantitative estimate of drug-likeness (QED) is 0.268. The Kier molecular flexibility index (Phi) is 5.84. The van der Waals surface area contributed by atoms with Gasteiger partial charge in [-0.1, -0.05) is 0 Å². The highest BCUT2D eigenvalue weighted by Crippen LogP contribution is 2.31. The van der Waals surface area contributed by atoms with Crippen LogP contribution in [0.25, 0.3) is 21.8 Å². The molecule has 0 spiro atoms. The predicted octanol–water partition coefficient (Wildman–Crippen LogP) is 5.88. The number of benzene rings is 2. The molecule has 4 rings (SSSR count). The van der Waals surface area contributed by atoms with Gasteiger partial charge in [0.25, 0.3) is 0 Å². The molecular weight excluding hydrogens is 380 g/mol. The molecule has 30 heavy (non-hydrogen) atoms. The summed E-state index contributed by atoms with van der Waals surface area (Å²) in [6.07, 6.45) is 5.29. The fourth-order valence-corrected chi connectivity index (χ4v) is 3.46. The van der Waals surface area contributed by atoms with Crippen LogP contribution in [0.3, 0.4) is 0 Å². The monoisotopic (exact) mass is 400 g/mol. The van der Waals surface area contributed by atoms with E-state index in [1.807, 2.05) is 24.3 Å². The maximum absolute atomic E-state index is 11.0. The molecule has 0 saturated carbocycles. The molecule has 0 unspecified atom stereocenters. The van der Waals surface area contributed by atoms with E-state index in [4.69, 9.17) is 0 Å². The first-order valence-electron chi connectivity index (χ1n) is 9.72. The number of anilines is 2. The van der Waals surface area contributed by atoms with Gasteiger partial charge in [0.05, 0.1) is 22.4 Å². The number of pyridine rings is 2. The Hall–Kier alpha value is -3.94. The molecule has 2 heterocycles. The van der Waals surface area contributed by atoms with Gasteiger partial charge in [-0.15, -0.1) is 9.81 Å². The van der Waals surface area contributed by atoms with Crippen LogP contribution in [0, 0.1) is 9.81 Å². The van der Waals surface area contributed by atoms with Gasteiger partial charge < -0.3 is 10.6 Å². The molecule has 0 fully saturated rings. The van der Waals surface area contributed by atoms with E-state index in [2.05, 4.69) is 31.0 Å². The van der Waals surface area contributed by atoms with E-state index in [-0.39, 0.29) is 0 Å². The zero-order valence-electron chi connectivity index (χ0n) is 16.2. The third-order valence-corrected chi connectivity index (χ3v) is 4.92. The first kappa shape index (κ1) is 19.4. The largest absolute Gasteiger partial charge is 0.383 e. The van der Waals surface area contributed by atoms with Crippen molar-refractivity contribution in [1.29, 1.82) is 0 Å². The van der Waals surface area contributed by atoms with Crippen LogP contribution in [0.1, 0.15) is 12.8 Å². The third-order valence-electron chi connectivity index (χ3n) is 4.92. The Morgan fingerprint density at radius 1 is 0.667 bits per heavy atom. The highest BCUT2D eigenvalue weighted by Gasteiger charge is 2.08. The number of hydrogen-bond donors (Lipinski definition) is 2. The van der Waals surface area contributed by atoms with Gasteiger partial charge in [0, 0.05) is 36.3 Å². The Labute approximate surface area is 172 Å². The van der Waals surface area contributed by atoms with Crippen molar-refractivity contribution in [2.45, 2.75) is 12.8 Å². The van der Waals surface area contributed by atoms with Crippen molar-refractivity contribution < 1.29 is 0 Å². The number of nitroso groups, excluding NO2 is 2. The van der Waals surface area contributed by atoms with Gasteiger partial charge in [0.1, 0.15) is 11.4 Å². The summed E-state index contributed by atoms with van der Waals surface area (Å²) >= 11 is 0. The Balaban J connectivity index is 1.33. The van der Waals surface area contributed by atoms with Gasteiger partial charge in [-0.25, -0.2) is 0 Å². The van der Waals surface area contributed by atoms with E-state index in [1.165, 1.54) is 0 Å². The minimum atomic E-state index is 0.393. The summed E-state index contributed by atoms with van der Waals surface area (Å²) in [5.74, 6) is 0. The topological polar surface area (TPSA) is 109 Å². The molecule has 0 bridgehead atoms. The highest BCUT2D eigenvalue weighted by atomic mass is 16.3. The van der Waals surface area contributed by atoms with Crippen molar-refractivity contribution >= 4 is 44.6 Å². The predicted molar refractivity (Wildman–Crippen MR) is 121 cm³/mol. The number of aromatic nitrogens is 2. The van der Waals surface area contributed by atoms with Crippen molar-refractivity contribution in [2.24, 2.45) is 10.4 Å². The lowest BCUT2D eigenvalue weighted by atomic mass is 10.1. The van der Waals surface area contributed by atoms with E-state index < -0.39 is 0 Å². The van der Waals surface area contributed by atoms with E-state index in [0.29, 0.717) is 11.4 Å². The number of fused-ring (bicyclic) bond motifs is 2. The molecule has 4 aromatic rings. The number of nitrogens with zero attached hydrogens (tertiary/aromatic N) is 4. The second-order valence-corrected chi connectivity index (χ2v) is 6.81. The van der Waals surface area contributed by atoms with Crippen LogP contribution in [-0.2, 0) is 0 Å².